The first-order valence-electron chi connectivity index (χ1n) is 11.5. The molecule has 0 saturated carbocycles. The Bertz CT molecular complexity index is 1330. The van der Waals surface area contributed by atoms with Gasteiger partial charge in [-0.05, 0) is 55.2 Å². The third-order valence-corrected chi connectivity index (χ3v) is 5.97. The Kier molecular flexibility index (Phi) is 8.67. The van der Waals surface area contributed by atoms with Crippen molar-refractivity contribution in [2.45, 2.75) is 32.2 Å². The molecule has 0 saturated heterocycles. The number of amides is 1. The van der Waals surface area contributed by atoms with Crippen molar-refractivity contribution in [1.82, 2.24) is 14.5 Å². The predicted octanol–water partition coefficient (Wildman–Crippen LogP) is 5.23. The van der Waals surface area contributed by atoms with Crippen molar-refractivity contribution in [1.29, 1.82) is 0 Å². The maximum Gasteiger partial charge on any atom is 0.225 e. The zero-order valence-electron chi connectivity index (χ0n) is 19.6. The summed E-state index contributed by atoms with van der Waals surface area (Å²) in [6.45, 7) is 1.25. The van der Waals surface area contributed by atoms with Gasteiger partial charge in [-0.2, -0.15) is 0 Å². The summed E-state index contributed by atoms with van der Waals surface area (Å²) in [6.07, 6.45) is 10.9. The molecule has 0 spiro atoms. The van der Waals surface area contributed by atoms with E-state index in [9.17, 15) is 9.18 Å². The maximum atomic E-state index is 13.9. The molecule has 0 unspecified atom stereocenters. The van der Waals surface area contributed by atoms with Gasteiger partial charge in [-0.1, -0.05) is 34.1 Å². The maximum absolute atomic E-state index is 13.9. The molecule has 0 aliphatic heterocycles. The van der Waals surface area contributed by atoms with Crippen molar-refractivity contribution in [3.63, 3.8) is 0 Å². The second kappa shape index (κ2) is 12.3. The Balaban J connectivity index is 1.20. The van der Waals surface area contributed by atoms with Gasteiger partial charge < -0.3 is 19.5 Å². The van der Waals surface area contributed by atoms with Crippen LogP contribution in [0.3, 0.4) is 0 Å². The Morgan fingerprint density at radius 2 is 2.00 bits per heavy atom. The summed E-state index contributed by atoms with van der Waals surface area (Å²) < 4.78 is 27.9. The molecule has 2 aromatic heterocycles. The van der Waals surface area contributed by atoms with Gasteiger partial charge in [0.05, 0.1) is 18.7 Å². The van der Waals surface area contributed by atoms with E-state index in [1.807, 2.05) is 35.0 Å². The standard InChI is InChI=1S/C27H26BrFN4O3/c28-21-7-5-20(24(29)16-21)6-11-27-32-22(18-36-27)8-2-19-3-9-23(10-4-19)35-15-1-13-33-14-12-31-26(33)17-25(30)34/h3-7,9-12,14,16,18H,1-2,8,13,15,17H2,(H2,30,34)/b11-6+. The van der Waals surface area contributed by atoms with E-state index in [1.54, 1.807) is 36.7 Å². The van der Waals surface area contributed by atoms with E-state index < -0.39 is 5.91 Å². The van der Waals surface area contributed by atoms with Gasteiger partial charge in [0.2, 0.25) is 11.8 Å². The van der Waals surface area contributed by atoms with Crippen molar-refractivity contribution in [3.05, 3.63) is 99.9 Å². The monoisotopic (exact) mass is 552 g/mol. The zero-order chi connectivity index (χ0) is 25.3. The fourth-order valence-corrected chi connectivity index (χ4v) is 3.96. The Morgan fingerprint density at radius 1 is 1.17 bits per heavy atom. The van der Waals surface area contributed by atoms with E-state index in [0.29, 0.717) is 34.9 Å². The number of ether oxygens (including phenoxy) is 1. The first-order chi connectivity index (χ1) is 17.5. The second-order valence-corrected chi connectivity index (χ2v) is 9.12. The van der Waals surface area contributed by atoms with Gasteiger partial charge in [0, 0.05) is 35.1 Å². The Hall–Kier alpha value is -3.72. The lowest BCUT2D eigenvalue weighted by Crippen LogP contribution is -2.17. The number of imidazole rings is 1. The van der Waals surface area contributed by atoms with Crippen molar-refractivity contribution in [3.8, 4) is 5.75 Å². The van der Waals surface area contributed by atoms with E-state index in [4.69, 9.17) is 14.9 Å². The fourth-order valence-electron chi connectivity index (χ4n) is 3.63. The number of hydrogen-bond donors (Lipinski definition) is 1. The van der Waals surface area contributed by atoms with Crippen molar-refractivity contribution >= 4 is 34.0 Å². The molecule has 7 nitrogen and oxygen atoms in total. The number of carbonyl (C=O) groups is 1. The molecular weight excluding hydrogens is 527 g/mol. The zero-order valence-corrected chi connectivity index (χ0v) is 21.2. The number of carbonyl (C=O) groups excluding carboxylic acids is 1. The number of oxazole rings is 1. The molecule has 2 N–H and O–H groups in total. The summed E-state index contributed by atoms with van der Waals surface area (Å²) >= 11 is 3.25. The van der Waals surface area contributed by atoms with Gasteiger partial charge in [-0.3, -0.25) is 4.79 Å². The first kappa shape index (κ1) is 25.4. The summed E-state index contributed by atoms with van der Waals surface area (Å²) in [5, 5.41) is 0. The molecule has 1 amide bonds. The van der Waals surface area contributed by atoms with Crippen molar-refractivity contribution < 1.29 is 18.3 Å². The van der Waals surface area contributed by atoms with E-state index in [1.165, 1.54) is 6.07 Å². The number of nitrogens with zero attached hydrogens (tertiary/aromatic N) is 3. The van der Waals surface area contributed by atoms with E-state index in [0.717, 1.165) is 36.3 Å². The number of rotatable bonds is 12. The largest absolute Gasteiger partial charge is 0.494 e. The molecule has 0 aliphatic rings. The smallest absolute Gasteiger partial charge is 0.225 e. The fraction of sp³-hybridized carbons (Fsp3) is 0.222. The van der Waals surface area contributed by atoms with Crippen LogP contribution in [-0.4, -0.2) is 27.0 Å². The lowest BCUT2D eigenvalue weighted by Gasteiger charge is -2.09. The Morgan fingerprint density at radius 3 is 2.78 bits per heavy atom. The Labute approximate surface area is 216 Å². The van der Waals surface area contributed by atoms with Gasteiger partial charge in [-0.15, -0.1) is 0 Å². The van der Waals surface area contributed by atoms with Crippen molar-refractivity contribution in [2.24, 2.45) is 5.73 Å². The quantitative estimate of drug-likeness (QED) is 0.243. The summed E-state index contributed by atoms with van der Waals surface area (Å²) in [5.74, 6) is 1.20. The average Bonchev–Trinajstić information content (AvgIpc) is 3.49. The number of primary amides is 1. The minimum absolute atomic E-state index is 0.133. The summed E-state index contributed by atoms with van der Waals surface area (Å²) in [5.41, 5.74) is 7.71. The van der Waals surface area contributed by atoms with E-state index in [-0.39, 0.29) is 12.2 Å². The van der Waals surface area contributed by atoms with Crippen LogP contribution >= 0.6 is 15.9 Å². The normalized spacial score (nSPS) is 11.3. The molecule has 0 atom stereocenters. The number of benzene rings is 2. The highest BCUT2D eigenvalue weighted by atomic mass is 79.9. The minimum atomic E-state index is -0.395. The molecule has 2 aromatic carbocycles. The molecule has 36 heavy (non-hydrogen) atoms. The molecule has 0 fully saturated rings. The van der Waals surface area contributed by atoms with E-state index in [2.05, 4.69) is 25.9 Å². The highest BCUT2D eigenvalue weighted by molar-refractivity contribution is 9.10. The number of hydrogen-bond acceptors (Lipinski definition) is 5. The van der Waals surface area contributed by atoms with Crippen LogP contribution in [0.25, 0.3) is 12.2 Å². The van der Waals surface area contributed by atoms with Gasteiger partial charge >= 0.3 is 0 Å². The van der Waals surface area contributed by atoms with Crippen LogP contribution < -0.4 is 10.5 Å². The highest BCUT2D eigenvalue weighted by Gasteiger charge is 2.07. The van der Waals surface area contributed by atoms with Crippen LogP contribution in [0.2, 0.25) is 0 Å². The summed E-state index contributed by atoms with van der Waals surface area (Å²) in [6, 6.07) is 12.9. The van der Waals surface area contributed by atoms with Gasteiger partial charge in [0.25, 0.3) is 0 Å². The molecule has 0 aliphatic carbocycles. The molecular formula is C27H26BrFN4O3. The lowest BCUT2D eigenvalue weighted by atomic mass is 10.1. The molecule has 4 rings (SSSR count). The van der Waals surface area contributed by atoms with Crippen LogP contribution in [0.5, 0.6) is 5.75 Å². The van der Waals surface area contributed by atoms with Gasteiger partial charge in [0.1, 0.15) is 23.7 Å². The highest BCUT2D eigenvalue weighted by Crippen LogP contribution is 2.18. The SMILES string of the molecule is NC(=O)Cc1nccn1CCCOc1ccc(CCc2coc(/C=C/c3ccc(Br)cc3F)n2)cc1. The van der Waals surface area contributed by atoms with E-state index >= 15 is 0 Å². The molecule has 4 aromatic rings. The predicted molar refractivity (Wildman–Crippen MR) is 139 cm³/mol. The average molecular weight is 553 g/mol. The first-order valence-corrected chi connectivity index (χ1v) is 12.3. The van der Waals surface area contributed by atoms with Crippen molar-refractivity contribution in [2.75, 3.05) is 6.61 Å². The lowest BCUT2D eigenvalue weighted by molar-refractivity contribution is -0.117. The van der Waals surface area contributed by atoms with Crippen LogP contribution in [0.4, 0.5) is 4.39 Å². The second-order valence-electron chi connectivity index (χ2n) is 8.20. The topological polar surface area (TPSA) is 96.2 Å². The molecule has 9 heteroatoms. The molecule has 0 bridgehead atoms. The third kappa shape index (κ3) is 7.39. The number of aromatic nitrogens is 3. The van der Waals surface area contributed by atoms with Crippen LogP contribution in [-0.2, 0) is 30.6 Å². The van der Waals surface area contributed by atoms with Crippen LogP contribution in [0.1, 0.15) is 35.0 Å². The van der Waals surface area contributed by atoms with Crippen LogP contribution in [0, 0.1) is 5.82 Å². The number of aryl methyl sites for hydroxylation is 3. The minimum Gasteiger partial charge on any atom is -0.494 e. The summed E-state index contributed by atoms with van der Waals surface area (Å²) in [7, 11) is 0. The van der Waals surface area contributed by atoms with Gasteiger partial charge in [0.15, 0.2) is 0 Å². The molecule has 2 heterocycles. The number of nitrogens with two attached hydrogens (primary N) is 1. The third-order valence-electron chi connectivity index (χ3n) is 5.48. The van der Waals surface area contributed by atoms with Gasteiger partial charge in [-0.25, -0.2) is 14.4 Å². The number of halogens is 2. The summed E-state index contributed by atoms with van der Waals surface area (Å²) in [4.78, 5) is 19.7. The molecule has 186 valence electrons. The van der Waals surface area contributed by atoms with Crippen LogP contribution in [0.15, 0.2) is 70.0 Å². The molecule has 0 radical (unpaired) electrons.